The summed E-state index contributed by atoms with van der Waals surface area (Å²) in [4.78, 5) is 12.2. The quantitative estimate of drug-likeness (QED) is 0.665. The molecular formula is C12H20O3. The molecule has 0 unspecified atom stereocenters. The van der Waals surface area contributed by atoms with Gasteiger partial charge in [0.15, 0.2) is 0 Å². The van der Waals surface area contributed by atoms with E-state index < -0.39 is 0 Å². The predicted molar refractivity (Wildman–Crippen MR) is 56.7 cm³/mol. The number of carbonyl (C=O) groups excluding carboxylic acids is 1. The second-order valence-corrected chi connectivity index (χ2v) is 5.57. The number of ketones is 1. The van der Waals surface area contributed by atoms with Crippen molar-refractivity contribution in [3.8, 4) is 0 Å². The monoisotopic (exact) mass is 212 g/mol. The van der Waals surface area contributed by atoms with Gasteiger partial charge in [-0.25, -0.2) is 0 Å². The number of ether oxygens (including phenoxy) is 2. The van der Waals surface area contributed by atoms with Crippen LogP contribution in [0.1, 0.15) is 33.6 Å². The minimum Gasteiger partial charge on any atom is -0.375 e. The Hall–Kier alpha value is -0.410. The lowest BCUT2D eigenvalue weighted by molar-refractivity contribution is -0.135. The lowest BCUT2D eigenvalue weighted by atomic mass is 9.80. The lowest BCUT2D eigenvalue weighted by Gasteiger charge is -2.29. The van der Waals surface area contributed by atoms with E-state index in [1.54, 1.807) is 0 Å². The van der Waals surface area contributed by atoms with Gasteiger partial charge < -0.3 is 9.47 Å². The lowest BCUT2D eigenvalue weighted by Crippen LogP contribution is -2.41. The fourth-order valence-electron chi connectivity index (χ4n) is 2.43. The van der Waals surface area contributed by atoms with Crippen LogP contribution in [0.5, 0.6) is 0 Å². The smallest absolute Gasteiger partial charge is 0.146 e. The Bertz CT molecular complexity index is 254. The van der Waals surface area contributed by atoms with Crippen LogP contribution >= 0.6 is 0 Å². The zero-order valence-electron chi connectivity index (χ0n) is 9.79. The van der Waals surface area contributed by atoms with Gasteiger partial charge in [-0.15, -0.1) is 0 Å². The third kappa shape index (κ3) is 2.08. The molecule has 0 saturated carbocycles. The molecule has 2 saturated heterocycles. The normalized spacial score (nSPS) is 36.3. The van der Waals surface area contributed by atoms with E-state index in [-0.39, 0.29) is 29.3 Å². The zero-order chi connectivity index (χ0) is 11.1. The second kappa shape index (κ2) is 3.87. The highest BCUT2D eigenvalue weighted by Crippen LogP contribution is 2.34. The molecule has 3 heteroatoms. The fourth-order valence-corrected chi connectivity index (χ4v) is 2.43. The standard InChI is InChI=1S/C12H20O3/c1-12(2,3)11(13)8-7-15-9-5-4-6-14-10(8)9/h8-10H,4-7H2,1-3H3/t8-,9-,10-/m1/s1. The van der Waals surface area contributed by atoms with E-state index in [1.807, 2.05) is 20.8 Å². The van der Waals surface area contributed by atoms with Gasteiger partial charge in [-0.3, -0.25) is 4.79 Å². The molecule has 0 aromatic heterocycles. The van der Waals surface area contributed by atoms with Crippen molar-refractivity contribution in [2.24, 2.45) is 11.3 Å². The molecule has 3 atom stereocenters. The molecule has 0 aromatic rings. The van der Waals surface area contributed by atoms with Crippen molar-refractivity contribution in [3.63, 3.8) is 0 Å². The summed E-state index contributed by atoms with van der Waals surface area (Å²) in [6.07, 6.45) is 2.27. The van der Waals surface area contributed by atoms with Crippen LogP contribution in [0, 0.1) is 11.3 Å². The SMILES string of the molecule is CC(C)(C)C(=O)[C@@H]1CO[C@@H]2CCCO[C@@H]21. The molecule has 15 heavy (non-hydrogen) atoms. The minimum absolute atomic E-state index is 0.0190. The summed E-state index contributed by atoms with van der Waals surface area (Å²) < 4.78 is 11.3. The molecule has 0 aliphatic carbocycles. The molecule has 2 fully saturated rings. The van der Waals surface area contributed by atoms with Gasteiger partial charge in [-0.1, -0.05) is 20.8 Å². The summed E-state index contributed by atoms with van der Waals surface area (Å²) >= 11 is 0. The third-order valence-corrected chi connectivity index (χ3v) is 3.27. The van der Waals surface area contributed by atoms with Crippen molar-refractivity contribution in [2.45, 2.75) is 45.8 Å². The molecule has 3 nitrogen and oxygen atoms in total. The molecule has 0 spiro atoms. The van der Waals surface area contributed by atoms with E-state index in [0.29, 0.717) is 6.61 Å². The highest BCUT2D eigenvalue weighted by Gasteiger charge is 2.46. The number of hydrogen-bond donors (Lipinski definition) is 0. The van der Waals surface area contributed by atoms with Crippen LogP contribution in [-0.2, 0) is 14.3 Å². The number of Topliss-reactive ketones (excluding diaryl/α,β-unsaturated/α-hetero) is 1. The van der Waals surface area contributed by atoms with Crippen LogP contribution in [0.15, 0.2) is 0 Å². The van der Waals surface area contributed by atoms with Gasteiger partial charge in [0.1, 0.15) is 5.78 Å². The molecule has 0 N–H and O–H groups in total. The summed E-state index contributed by atoms with van der Waals surface area (Å²) in [7, 11) is 0. The van der Waals surface area contributed by atoms with E-state index >= 15 is 0 Å². The van der Waals surface area contributed by atoms with Crippen molar-refractivity contribution >= 4 is 5.78 Å². The Kier molecular flexibility index (Phi) is 2.86. The summed E-state index contributed by atoms with van der Waals surface area (Å²) in [5, 5.41) is 0. The van der Waals surface area contributed by atoms with Gasteiger partial charge in [-0.2, -0.15) is 0 Å². The van der Waals surface area contributed by atoms with Gasteiger partial charge in [0, 0.05) is 12.0 Å². The van der Waals surface area contributed by atoms with E-state index in [1.165, 1.54) is 0 Å². The van der Waals surface area contributed by atoms with Crippen LogP contribution in [0.4, 0.5) is 0 Å². The van der Waals surface area contributed by atoms with E-state index in [9.17, 15) is 4.79 Å². The Morgan fingerprint density at radius 2 is 2.00 bits per heavy atom. The first-order valence-corrected chi connectivity index (χ1v) is 5.77. The maximum atomic E-state index is 12.2. The Labute approximate surface area is 91.1 Å². The first kappa shape index (κ1) is 11.1. The summed E-state index contributed by atoms with van der Waals surface area (Å²) in [5.41, 5.74) is -0.288. The summed E-state index contributed by atoms with van der Waals surface area (Å²) in [6.45, 7) is 7.21. The highest BCUT2D eigenvalue weighted by atomic mass is 16.6. The van der Waals surface area contributed by atoms with Gasteiger partial charge in [-0.05, 0) is 12.8 Å². The van der Waals surface area contributed by atoms with Crippen LogP contribution in [0.2, 0.25) is 0 Å². The van der Waals surface area contributed by atoms with Crippen LogP contribution in [0.3, 0.4) is 0 Å². The van der Waals surface area contributed by atoms with Crippen LogP contribution in [0.25, 0.3) is 0 Å². The second-order valence-electron chi connectivity index (χ2n) is 5.57. The van der Waals surface area contributed by atoms with Crippen molar-refractivity contribution in [1.82, 2.24) is 0 Å². The number of hydrogen-bond acceptors (Lipinski definition) is 3. The van der Waals surface area contributed by atoms with Gasteiger partial charge in [0.05, 0.1) is 24.7 Å². The molecule has 0 radical (unpaired) electrons. The molecule has 2 rings (SSSR count). The molecular weight excluding hydrogens is 192 g/mol. The van der Waals surface area contributed by atoms with Gasteiger partial charge in [0.25, 0.3) is 0 Å². The van der Waals surface area contributed by atoms with Gasteiger partial charge >= 0.3 is 0 Å². The average Bonchev–Trinajstić information content (AvgIpc) is 2.58. The van der Waals surface area contributed by atoms with Crippen molar-refractivity contribution in [1.29, 1.82) is 0 Å². The third-order valence-electron chi connectivity index (χ3n) is 3.27. The average molecular weight is 212 g/mol. The van der Waals surface area contributed by atoms with Crippen LogP contribution in [-0.4, -0.2) is 31.2 Å². The van der Waals surface area contributed by atoms with E-state index in [2.05, 4.69) is 0 Å². The molecule has 2 aliphatic rings. The van der Waals surface area contributed by atoms with E-state index in [0.717, 1.165) is 19.4 Å². The number of rotatable bonds is 1. The highest BCUT2D eigenvalue weighted by molar-refractivity contribution is 5.87. The van der Waals surface area contributed by atoms with E-state index in [4.69, 9.17) is 9.47 Å². The molecule has 86 valence electrons. The Morgan fingerprint density at radius 1 is 1.27 bits per heavy atom. The Balaban J connectivity index is 2.08. The molecule has 2 aliphatic heterocycles. The van der Waals surface area contributed by atoms with Crippen molar-refractivity contribution in [2.75, 3.05) is 13.2 Å². The topological polar surface area (TPSA) is 35.5 Å². The summed E-state index contributed by atoms with van der Waals surface area (Å²) in [5.74, 6) is 0.229. The first-order chi connectivity index (χ1) is 7.00. The van der Waals surface area contributed by atoms with Crippen molar-refractivity contribution in [3.05, 3.63) is 0 Å². The summed E-state index contributed by atoms with van der Waals surface area (Å²) in [6, 6.07) is 0. The fraction of sp³-hybridized carbons (Fsp3) is 0.917. The number of carbonyl (C=O) groups is 1. The first-order valence-electron chi connectivity index (χ1n) is 5.77. The minimum atomic E-state index is -0.288. The zero-order valence-corrected chi connectivity index (χ0v) is 9.79. The largest absolute Gasteiger partial charge is 0.375 e. The molecule has 0 aromatic carbocycles. The van der Waals surface area contributed by atoms with Crippen molar-refractivity contribution < 1.29 is 14.3 Å². The maximum Gasteiger partial charge on any atom is 0.146 e. The van der Waals surface area contributed by atoms with Gasteiger partial charge in [0.2, 0.25) is 0 Å². The molecule has 0 amide bonds. The van der Waals surface area contributed by atoms with Crippen LogP contribution < -0.4 is 0 Å². The predicted octanol–water partition coefficient (Wildman–Crippen LogP) is 1.80. The molecule has 0 bridgehead atoms. The Morgan fingerprint density at radius 3 is 2.67 bits per heavy atom. The molecule has 2 heterocycles. The number of fused-ring (bicyclic) bond motifs is 1. The maximum absolute atomic E-state index is 12.2.